The molecule has 2 aliphatic heterocycles. The largest absolute Gasteiger partial charge is 0.497 e. The molecule has 1 N–H and O–H groups in total. The molecular formula is C22H24N4O4S. The van der Waals surface area contributed by atoms with E-state index in [0.717, 1.165) is 34.8 Å². The van der Waals surface area contributed by atoms with Crippen LogP contribution < -0.4 is 15.0 Å². The summed E-state index contributed by atoms with van der Waals surface area (Å²) in [7, 11) is 1.60. The number of carbonyl (C=O) groups is 3. The monoisotopic (exact) mass is 440 g/mol. The standard InChI is InChI=1S/C22H24N4O4S/c1-30-16-6-4-15(5-7-16)26-11-14(10-19(26)27)21(29)25-9-8-17-18(12-25)31-22(23-17)24-20(28)13-2-3-13/h4-7,13-14H,2-3,8-12H2,1H3,(H,23,24,28). The van der Waals surface area contributed by atoms with Gasteiger partial charge in [-0.1, -0.05) is 11.3 Å². The van der Waals surface area contributed by atoms with Crippen LogP contribution in [-0.4, -0.2) is 47.8 Å². The molecule has 3 aliphatic rings. The number of nitrogens with zero attached hydrogens (tertiary/aromatic N) is 3. The molecular weight excluding hydrogens is 416 g/mol. The summed E-state index contributed by atoms with van der Waals surface area (Å²) >= 11 is 1.45. The molecule has 1 saturated carbocycles. The molecule has 0 bridgehead atoms. The normalized spacial score (nSPS) is 20.5. The van der Waals surface area contributed by atoms with Crippen LogP contribution in [0.5, 0.6) is 5.75 Å². The van der Waals surface area contributed by atoms with Crippen molar-refractivity contribution in [3.63, 3.8) is 0 Å². The molecule has 3 heterocycles. The maximum absolute atomic E-state index is 13.2. The Morgan fingerprint density at radius 1 is 1.19 bits per heavy atom. The molecule has 3 amide bonds. The van der Waals surface area contributed by atoms with Gasteiger partial charge in [0.2, 0.25) is 17.7 Å². The number of ether oxygens (including phenoxy) is 1. The van der Waals surface area contributed by atoms with E-state index in [2.05, 4.69) is 10.3 Å². The fourth-order valence-electron chi connectivity index (χ4n) is 4.13. The number of amides is 3. The van der Waals surface area contributed by atoms with Crippen LogP contribution in [0.4, 0.5) is 10.8 Å². The van der Waals surface area contributed by atoms with E-state index in [0.29, 0.717) is 31.2 Å². The molecule has 2 aromatic rings. The summed E-state index contributed by atoms with van der Waals surface area (Å²) in [4.78, 5) is 46.8. The van der Waals surface area contributed by atoms with Crippen molar-refractivity contribution in [3.8, 4) is 5.75 Å². The number of thiazole rings is 1. The smallest absolute Gasteiger partial charge is 0.229 e. The van der Waals surface area contributed by atoms with Crippen LogP contribution in [0.2, 0.25) is 0 Å². The number of anilines is 2. The zero-order chi connectivity index (χ0) is 21.5. The third kappa shape index (κ3) is 4.01. The Kier molecular flexibility index (Phi) is 5.13. The summed E-state index contributed by atoms with van der Waals surface area (Å²) in [5.74, 6) is 0.522. The second-order valence-corrected chi connectivity index (χ2v) is 9.35. The van der Waals surface area contributed by atoms with Crippen molar-refractivity contribution in [1.29, 1.82) is 0 Å². The number of nitrogens with one attached hydrogen (secondary N) is 1. The molecule has 1 aromatic heterocycles. The third-order valence-corrected chi connectivity index (χ3v) is 7.08. The highest BCUT2D eigenvalue weighted by Gasteiger charge is 2.38. The highest BCUT2D eigenvalue weighted by molar-refractivity contribution is 7.15. The van der Waals surface area contributed by atoms with Crippen LogP contribution in [0.15, 0.2) is 24.3 Å². The van der Waals surface area contributed by atoms with Crippen molar-refractivity contribution in [2.45, 2.75) is 32.2 Å². The van der Waals surface area contributed by atoms with Gasteiger partial charge < -0.3 is 19.9 Å². The molecule has 5 rings (SSSR count). The van der Waals surface area contributed by atoms with Crippen molar-refractivity contribution in [2.75, 3.05) is 30.4 Å². The van der Waals surface area contributed by atoms with Gasteiger partial charge in [-0.25, -0.2) is 4.98 Å². The summed E-state index contributed by atoms with van der Waals surface area (Å²) in [6.07, 6.45) is 2.79. The number of hydrogen-bond donors (Lipinski definition) is 1. The fraction of sp³-hybridized carbons (Fsp3) is 0.455. The topological polar surface area (TPSA) is 91.8 Å². The lowest BCUT2D eigenvalue weighted by atomic mass is 10.1. The average molecular weight is 441 g/mol. The molecule has 0 radical (unpaired) electrons. The molecule has 1 aliphatic carbocycles. The Hall–Kier alpha value is -2.94. The van der Waals surface area contributed by atoms with Gasteiger partial charge in [-0.15, -0.1) is 0 Å². The van der Waals surface area contributed by atoms with Crippen LogP contribution in [0.1, 0.15) is 29.8 Å². The molecule has 1 saturated heterocycles. The number of aromatic nitrogens is 1. The van der Waals surface area contributed by atoms with Crippen molar-refractivity contribution < 1.29 is 19.1 Å². The van der Waals surface area contributed by atoms with E-state index in [-0.39, 0.29) is 36.0 Å². The Labute approximate surface area is 184 Å². The maximum Gasteiger partial charge on any atom is 0.229 e. The molecule has 1 unspecified atom stereocenters. The Morgan fingerprint density at radius 3 is 2.68 bits per heavy atom. The van der Waals surface area contributed by atoms with Crippen LogP contribution >= 0.6 is 11.3 Å². The number of benzene rings is 1. The second kappa shape index (κ2) is 7.96. The molecule has 9 heteroatoms. The van der Waals surface area contributed by atoms with Crippen LogP contribution in [-0.2, 0) is 27.3 Å². The van der Waals surface area contributed by atoms with Gasteiger partial charge in [0.25, 0.3) is 0 Å². The van der Waals surface area contributed by atoms with E-state index in [1.807, 2.05) is 29.2 Å². The summed E-state index contributed by atoms with van der Waals surface area (Å²) in [6, 6.07) is 7.30. The van der Waals surface area contributed by atoms with Crippen molar-refractivity contribution >= 4 is 39.9 Å². The summed E-state index contributed by atoms with van der Waals surface area (Å²) in [6.45, 7) is 1.45. The first-order valence-electron chi connectivity index (χ1n) is 10.5. The van der Waals surface area contributed by atoms with Crippen LogP contribution in [0.25, 0.3) is 0 Å². The first kappa shape index (κ1) is 20.0. The summed E-state index contributed by atoms with van der Waals surface area (Å²) < 4.78 is 5.17. The first-order valence-corrected chi connectivity index (χ1v) is 11.4. The number of methoxy groups -OCH3 is 1. The van der Waals surface area contributed by atoms with Crippen LogP contribution in [0.3, 0.4) is 0 Å². The lowest BCUT2D eigenvalue weighted by molar-refractivity contribution is -0.136. The van der Waals surface area contributed by atoms with Gasteiger partial charge in [-0.2, -0.15) is 0 Å². The number of hydrogen-bond acceptors (Lipinski definition) is 6. The van der Waals surface area contributed by atoms with Crippen molar-refractivity contribution in [3.05, 3.63) is 34.8 Å². The summed E-state index contributed by atoms with van der Waals surface area (Å²) in [5.41, 5.74) is 1.74. The zero-order valence-electron chi connectivity index (χ0n) is 17.3. The van der Waals surface area contributed by atoms with Gasteiger partial charge in [0.15, 0.2) is 5.13 Å². The fourth-order valence-corrected chi connectivity index (χ4v) is 5.16. The van der Waals surface area contributed by atoms with E-state index in [1.54, 1.807) is 12.0 Å². The lowest BCUT2D eigenvalue weighted by Crippen LogP contribution is -2.40. The van der Waals surface area contributed by atoms with E-state index in [9.17, 15) is 14.4 Å². The maximum atomic E-state index is 13.2. The lowest BCUT2D eigenvalue weighted by Gasteiger charge is -2.28. The minimum absolute atomic E-state index is 0.00646. The Balaban J connectivity index is 1.23. The van der Waals surface area contributed by atoms with Gasteiger partial charge in [-0.3, -0.25) is 14.4 Å². The second-order valence-electron chi connectivity index (χ2n) is 8.27. The minimum atomic E-state index is -0.349. The molecule has 162 valence electrons. The molecule has 0 spiro atoms. The predicted molar refractivity (Wildman–Crippen MR) is 116 cm³/mol. The molecule has 2 fully saturated rings. The first-order chi connectivity index (χ1) is 15.0. The predicted octanol–water partition coefficient (Wildman–Crippen LogP) is 2.44. The average Bonchev–Trinajstić information content (AvgIpc) is 3.46. The molecule has 8 nitrogen and oxygen atoms in total. The zero-order valence-corrected chi connectivity index (χ0v) is 18.1. The third-order valence-electron chi connectivity index (χ3n) is 6.08. The van der Waals surface area contributed by atoms with Gasteiger partial charge in [0.05, 0.1) is 25.3 Å². The molecule has 1 atom stereocenters. The van der Waals surface area contributed by atoms with Crippen LogP contribution in [0, 0.1) is 11.8 Å². The highest BCUT2D eigenvalue weighted by atomic mass is 32.1. The van der Waals surface area contributed by atoms with E-state index >= 15 is 0 Å². The van der Waals surface area contributed by atoms with Gasteiger partial charge >= 0.3 is 0 Å². The van der Waals surface area contributed by atoms with Gasteiger partial charge in [-0.05, 0) is 37.1 Å². The van der Waals surface area contributed by atoms with Crippen molar-refractivity contribution in [1.82, 2.24) is 9.88 Å². The van der Waals surface area contributed by atoms with E-state index < -0.39 is 0 Å². The number of rotatable bonds is 5. The number of fused-ring (bicyclic) bond motifs is 1. The highest BCUT2D eigenvalue weighted by Crippen LogP contribution is 2.34. The SMILES string of the molecule is COc1ccc(N2CC(C(=O)N3CCc4nc(NC(=O)C5CC5)sc4C3)CC2=O)cc1. The Morgan fingerprint density at radius 2 is 1.97 bits per heavy atom. The van der Waals surface area contributed by atoms with E-state index in [4.69, 9.17) is 4.74 Å². The Bertz CT molecular complexity index is 1030. The van der Waals surface area contributed by atoms with Crippen molar-refractivity contribution in [2.24, 2.45) is 11.8 Å². The van der Waals surface area contributed by atoms with Gasteiger partial charge in [0.1, 0.15) is 5.75 Å². The number of carbonyl (C=O) groups excluding carboxylic acids is 3. The van der Waals surface area contributed by atoms with Gasteiger partial charge in [0, 0.05) is 42.4 Å². The molecule has 1 aromatic carbocycles. The summed E-state index contributed by atoms with van der Waals surface area (Å²) in [5, 5.41) is 3.53. The molecule has 31 heavy (non-hydrogen) atoms. The quantitative estimate of drug-likeness (QED) is 0.771. The minimum Gasteiger partial charge on any atom is -0.497 e. The van der Waals surface area contributed by atoms with E-state index in [1.165, 1.54) is 11.3 Å².